The lowest BCUT2D eigenvalue weighted by atomic mass is 10.2. The molecule has 1 amide bonds. The van der Waals surface area contributed by atoms with Crippen LogP contribution in [-0.2, 0) is 10.0 Å². The number of nitrogens with one attached hydrogen (secondary N) is 2. The molecule has 1 saturated carbocycles. The quantitative estimate of drug-likeness (QED) is 0.701. The van der Waals surface area contributed by atoms with Gasteiger partial charge in [-0.1, -0.05) is 6.92 Å². The Balaban J connectivity index is 2.10. The van der Waals surface area contributed by atoms with Crippen molar-refractivity contribution in [1.82, 2.24) is 10.0 Å². The average molecular weight is 298 g/mol. The summed E-state index contributed by atoms with van der Waals surface area (Å²) < 4.78 is 25.9. The Morgan fingerprint density at radius 1 is 1.30 bits per heavy atom. The molecule has 0 aromatic heterocycles. The van der Waals surface area contributed by atoms with Crippen molar-refractivity contribution >= 4 is 15.9 Å². The fourth-order valence-corrected chi connectivity index (χ4v) is 2.89. The van der Waals surface area contributed by atoms with Gasteiger partial charge in [0.1, 0.15) is 0 Å². The third kappa shape index (κ3) is 3.17. The lowest BCUT2D eigenvalue weighted by Gasteiger charge is -2.14. The lowest BCUT2D eigenvalue weighted by molar-refractivity contribution is 0.0906. The first-order valence-electron chi connectivity index (χ1n) is 6.45. The second kappa shape index (κ2) is 5.51. The number of rotatable bonds is 6. The SMILES string of the molecule is CCNS(=O)(=O)c1ccc(C(=O)NC2(CO)CC2)cc1. The summed E-state index contributed by atoms with van der Waals surface area (Å²) in [5.41, 5.74) is -0.105. The van der Waals surface area contributed by atoms with Crippen LogP contribution >= 0.6 is 0 Å². The predicted octanol–water partition coefficient (Wildman–Crippen LogP) is 0.239. The van der Waals surface area contributed by atoms with Gasteiger partial charge in [0.15, 0.2) is 0 Å². The summed E-state index contributed by atoms with van der Waals surface area (Å²) in [6, 6.07) is 5.72. The molecule has 6 nitrogen and oxygen atoms in total. The molecule has 1 aliphatic carbocycles. The Hall–Kier alpha value is -1.44. The molecule has 2 rings (SSSR count). The number of hydrogen-bond donors (Lipinski definition) is 3. The second-order valence-electron chi connectivity index (χ2n) is 4.92. The van der Waals surface area contributed by atoms with Gasteiger partial charge in [-0.2, -0.15) is 0 Å². The lowest BCUT2D eigenvalue weighted by Crippen LogP contribution is -2.39. The first-order chi connectivity index (χ1) is 9.42. The van der Waals surface area contributed by atoms with E-state index in [4.69, 9.17) is 5.11 Å². The summed E-state index contributed by atoms with van der Waals surface area (Å²) in [4.78, 5) is 12.1. The molecule has 3 N–H and O–H groups in total. The van der Waals surface area contributed by atoms with E-state index in [1.54, 1.807) is 6.92 Å². The minimum atomic E-state index is -3.50. The molecule has 0 atom stereocenters. The van der Waals surface area contributed by atoms with Crippen molar-refractivity contribution < 1.29 is 18.3 Å². The van der Waals surface area contributed by atoms with Crippen molar-refractivity contribution in [2.24, 2.45) is 0 Å². The van der Waals surface area contributed by atoms with Gasteiger partial charge in [-0.05, 0) is 37.1 Å². The summed E-state index contributed by atoms with van der Waals surface area (Å²) in [6.45, 7) is 1.93. The second-order valence-corrected chi connectivity index (χ2v) is 6.69. The van der Waals surface area contributed by atoms with Gasteiger partial charge in [0.25, 0.3) is 5.91 Å². The number of aliphatic hydroxyl groups excluding tert-OH is 1. The molecular formula is C13H18N2O4S. The topological polar surface area (TPSA) is 95.5 Å². The molecule has 110 valence electrons. The number of amides is 1. The third-order valence-electron chi connectivity index (χ3n) is 3.30. The minimum absolute atomic E-state index is 0.0778. The zero-order chi connectivity index (χ0) is 14.8. The van der Waals surface area contributed by atoms with Crippen LogP contribution in [0.15, 0.2) is 29.2 Å². The van der Waals surface area contributed by atoms with Crippen LogP contribution in [0.3, 0.4) is 0 Å². The number of benzene rings is 1. The monoisotopic (exact) mass is 298 g/mol. The maximum absolute atomic E-state index is 12.0. The molecule has 0 radical (unpaired) electrons. The minimum Gasteiger partial charge on any atom is -0.394 e. The molecule has 1 aromatic rings. The molecule has 0 spiro atoms. The molecule has 1 aliphatic rings. The standard InChI is InChI=1S/C13H18N2O4S/c1-2-14-20(18,19)11-5-3-10(4-6-11)12(17)15-13(9-16)7-8-13/h3-6,14,16H,2,7-9H2,1H3,(H,15,17). The third-order valence-corrected chi connectivity index (χ3v) is 4.86. The number of sulfonamides is 1. The van der Waals surface area contributed by atoms with E-state index in [0.717, 1.165) is 12.8 Å². The van der Waals surface area contributed by atoms with Gasteiger partial charge >= 0.3 is 0 Å². The summed E-state index contributed by atoms with van der Waals surface area (Å²) in [5.74, 6) is -0.302. The fourth-order valence-electron chi connectivity index (χ4n) is 1.85. The largest absolute Gasteiger partial charge is 0.394 e. The van der Waals surface area contributed by atoms with Crippen LogP contribution < -0.4 is 10.0 Å². The normalized spacial score (nSPS) is 16.7. The molecule has 0 saturated heterocycles. The van der Waals surface area contributed by atoms with Crippen molar-refractivity contribution in [1.29, 1.82) is 0 Å². The zero-order valence-electron chi connectivity index (χ0n) is 11.2. The van der Waals surface area contributed by atoms with E-state index in [9.17, 15) is 13.2 Å². The van der Waals surface area contributed by atoms with Crippen molar-refractivity contribution in [3.8, 4) is 0 Å². The Kier molecular flexibility index (Phi) is 4.12. The van der Waals surface area contributed by atoms with E-state index in [-0.39, 0.29) is 17.4 Å². The summed E-state index contributed by atoms with van der Waals surface area (Å²) in [6.07, 6.45) is 1.53. The highest BCUT2D eigenvalue weighted by molar-refractivity contribution is 7.89. The number of aliphatic hydroxyl groups is 1. The van der Waals surface area contributed by atoms with Gasteiger partial charge in [0.05, 0.1) is 17.0 Å². The molecule has 7 heteroatoms. The van der Waals surface area contributed by atoms with E-state index in [1.165, 1.54) is 24.3 Å². The number of hydrogen-bond acceptors (Lipinski definition) is 4. The van der Waals surface area contributed by atoms with E-state index in [0.29, 0.717) is 12.1 Å². The molecule has 0 unspecified atom stereocenters. The van der Waals surface area contributed by atoms with E-state index >= 15 is 0 Å². The highest BCUT2D eigenvalue weighted by Crippen LogP contribution is 2.34. The van der Waals surface area contributed by atoms with Crippen LogP contribution in [-0.4, -0.2) is 38.1 Å². The molecule has 0 bridgehead atoms. The molecule has 0 heterocycles. The maximum Gasteiger partial charge on any atom is 0.251 e. The Labute approximate surface area is 118 Å². The Morgan fingerprint density at radius 2 is 1.90 bits per heavy atom. The Morgan fingerprint density at radius 3 is 2.35 bits per heavy atom. The smallest absolute Gasteiger partial charge is 0.251 e. The van der Waals surface area contributed by atoms with Crippen molar-refractivity contribution in [2.75, 3.05) is 13.2 Å². The summed E-state index contributed by atoms with van der Waals surface area (Å²) in [5, 5.41) is 11.9. The van der Waals surface area contributed by atoms with Gasteiger partial charge in [-0.3, -0.25) is 4.79 Å². The highest BCUT2D eigenvalue weighted by Gasteiger charge is 2.43. The first kappa shape index (κ1) is 15.0. The van der Waals surface area contributed by atoms with Gasteiger partial charge in [-0.15, -0.1) is 0 Å². The highest BCUT2D eigenvalue weighted by atomic mass is 32.2. The van der Waals surface area contributed by atoms with Crippen LogP contribution in [0.1, 0.15) is 30.1 Å². The van der Waals surface area contributed by atoms with E-state index < -0.39 is 15.6 Å². The van der Waals surface area contributed by atoms with Crippen LogP contribution in [0.5, 0.6) is 0 Å². The van der Waals surface area contributed by atoms with Crippen molar-refractivity contribution in [2.45, 2.75) is 30.2 Å². The van der Waals surface area contributed by atoms with Crippen LogP contribution in [0.2, 0.25) is 0 Å². The molecule has 1 fully saturated rings. The van der Waals surface area contributed by atoms with Crippen LogP contribution in [0, 0.1) is 0 Å². The molecule has 20 heavy (non-hydrogen) atoms. The van der Waals surface area contributed by atoms with E-state index in [2.05, 4.69) is 10.0 Å². The predicted molar refractivity (Wildman–Crippen MR) is 73.8 cm³/mol. The maximum atomic E-state index is 12.0. The zero-order valence-corrected chi connectivity index (χ0v) is 12.0. The van der Waals surface area contributed by atoms with Gasteiger partial charge in [-0.25, -0.2) is 13.1 Å². The van der Waals surface area contributed by atoms with Gasteiger partial charge in [0, 0.05) is 12.1 Å². The van der Waals surface area contributed by atoms with E-state index in [1.807, 2.05) is 0 Å². The Bertz CT molecular complexity index is 591. The molecule has 0 aliphatic heterocycles. The molecule has 1 aromatic carbocycles. The first-order valence-corrected chi connectivity index (χ1v) is 7.94. The van der Waals surface area contributed by atoms with Gasteiger partial charge in [0.2, 0.25) is 10.0 Å². The van der Waals surface area contributed by atoms with Crippen molar-refractivity contribution in [3.63, 3.8) is 0 Å². The van der Waals surface area contributed by atoms with Crippen LogP contribution in [0.4, 0.5) is 0 Å². The molecular weight excluding hydrogens is 280 g/mol. The van der Waals surface area contributed by atoms with Gasteiger partial charge < -0.3 is 10.4 Å². The number of carbonyl (C=O) groups is 1. The number of carbonyl (C=O) groups excluding carboxylic acids is 1. The van der Waals surface area contributed by atoms with Crippen molar-refractivity contribution in [3.05, 3.63) is 29.8 Å². The fraction of sp³-hybridized carbons (Fsp3) is 0.462. The summed E-state index contributed by atoms with van der Waals surface area (Å²) in [7, 11) is -3.50. The van der Waals surface area contributed by atoms with Crippen LogP contribution in [0.25, 0.3) is 0 Å². The average Bonchev–Trinajstić information content (AvgIpc) is 3.19. The summed E-state index contributed by atoms with van der Waals surface area (Å²) >= 11 is 0.